The second-order valence-electron chi connectivity index (χ2n) is 5.03. The van der Waals surface area contributed by atoms with Crippen molar-refractivity contribution in [3.05, 3.63) is 63.6 Å². The fourth-order valence-electron chi connectivity index (χ4n) is 2.31. The summed E-state index contributed by atoms with van der Waals surface area (Å²) < 4.78 is 5.27. The zero-order chi connectivity index (χ0) is 15.2. The van der Waals surface area contributed by atoms with Crippen LogP contribution in [0.4, 0.5) is 0 Å². The molecular formula is C17H17BrCl2O. The number of ether oxygens (including phenoxy) is 1. The molecule has 0 heterocycles. The fourth-order valence-corrected chi connectivity index (χ4v) is 3.09. The maximum Gasteiger partial charge on any atom is 0.119 e. The highest BCUT2D eigenvalue weighted by Gasteiger charge is 2.11. The topological polar surface area (TPSA) is 9.23 Å². The molecule has 0 saturated heterocycles. The second kappa shape index (κ2) is 8.07. The molecule has 0 fully saturated rings. The lowest BCUT2D eigenvalue weighted by Crippen LogP contribution is -2.10. The van der Waals surface area contributed by atoms with Gasteiger partial charge in [-0.1, -0.05) is 57.3 Å². The van der Waals surface area contributed by atoms with Crippen molar-refractivity contribution in [2.75, 3.05) is 12.4 Å². The first-order valence-corrected chi connectivity index (χ1v) is 8.63. The summed E-state index contributed by atoms with van der Waals surface area (Å²) in [7, 11) is 1.69. The van der Waals surface area contributed by atoms with Gasteiger partial charge < -0.3 is 4.74 Å². The van der Waals surface area contributed by atoms with Crippen LogP contribution in [0.25, 0.3) is 0 Å². The standard InChI is InChI=1S/C17H17BrCl2O/c1-21-15-4-2-3-12(9-15)7-14(11-18)8-13-5-6-16(19)17(20)10-13/h2-6,9-10,14H,7-8,11H2,1H3. The summed E-state index contributed by atoms with van der Waals surface area (Å²) in [6, 6.07) is 14.1. The average molecular weight is 388 g/mol. The summed E-state index contributed by atoms with van der Waals surface area (Å²) in [6.07, 6.45) is 1.95. The number of methoxy groups -OCH3 is 1. The molecule has 0 aromatic heterocycles. The molecule has 0 bridgehead atoms. The molecule has 0 spiro atoms. The molecule has 0 radical (unpaired) electrons. The SMILES string of the molecule is COc1cccc(CC(CBr)Cc2ccc(Cl)c(Cl)c2)c1. The molecule has 4 heteroatoms. The number of benzene rings is 2. The minimum absolute atomic E-state index is 0.495. The van der Waals surface area contributed by atoms with Gasteiger partial charge >= 0.3 is 0 Å². The van der Waals surface area contributed by atoms with Gasteiger partial charge in [-0.25, -0.2) is 0 Å². The van der Waals surface area contributed by atoms with Crippen molar-refractivity contribution in [3.63, 3.8) is 0 Å². The molecule has 2 rings (SSSR count). The van der Waals surface area contributed by atoms with Gasteiger partial charge in [0.25, 0.3) is 0 Å². The number of hydrogen-bond acceptors (Lipinski definition) is 1. The van der Waals surface area contributed by atoms with Crippen LogP contribution in [-0.2, 0) is 12.8 Å². The Hall–Kier alpha value is -0.700. The Kier molecular flexibility index (Phi) is 6.40. The monoisotopic (exact) mass is 386 g/mol. The molecule has 0 aliphatic heterocycles. The van der Waals surface area contributed by atoms with Crippen LogP contribution < -0.4 is 4.74 Å². The third kappa shape index (κ3) is 4.91. The van der Waals surface area contributed by atoms with Crippen LogP contribution in [0, 0.1) is 5.92 Å². The molecule has 0 saturated carbocycles. The Morgan fingerprint density at radius 2 is 1.71 bits per heavy atom. The smallest absolute Gasteiger partial charge is 0.119 e. The van der Waals surface area contributed by atoms with Gasteiger partial charge in [0.2, 0.25) is 0 Å². The van der Waals surface area contributed by atoms with E-state index in [1.54, 1.807) is 7.11 Å². The van der Waals surface area contributed by atoms with Crippen LogP contribution in [0.5, 0.6) is 5.75 Å². The fraction of sp³-hybridized carbons (Fsp3) is 0.294. The quantitative estimate of drug-likeness (QED) is 0.569. The van der Waals surface area contributed by atoms with Crippen LogP contribution in [0.2, 0.25) is 10.0 Å². The molecule has 0 aliphatic carbocycles. The Morgan fingerprint density at radius 1 is 1.00 bits per heavy atom. The van der Waals surface area contributed by atoms with E-state index in [0.717, 1.165) is 23.9 Å². The van der Waals surface area contributed by atoms with Crippen molar-refractivity contribution in [3.8, 4) is 5.75 Å². The second-order valence-corrected chi connectivity index (χ2v) is 6.49. The van der Waals surface area contributed by atoms with E-state index in [1.807, 2.05) is 30.3 Å². The third-order valence-corrected chi connectivity index (χ3v) is 5.04. The molecule has 2 aromatic rings. The largest absolute Gasteiger partial charge is 0.497 e. The Morgan fingerprint density at radius 3 is 2.33 bits per heavy atom. The summed E-state index contributed by atoms with van der Waals surface area (Å²) in [4.78, 5) is 0. The van der Waals surface area contributed by atoms with Gasteiger partial charge in [0.15, 0.2) is 0 Å². The maximum absolute atomic E-state index is 6.08. The normalized spacial score (nSPS) is 12.2. The van der Waals surface area contributed by atoms with Gasteiger partial charge in [-0.2, -0.15) is 0 Å². The summed E-state index contributed by atoms with van der Waals surface area (Å²) in [5.74, 6) is 1.39. The Bertz CT molecular complexity index is 601. The highest BCUT2D eigenvalue weighted by Crippen LogP contribution is 2.25. The van der Waals surface area contributed by atoms with Crippen molar-refractivity contribution in [2.45, 2.75) is 12.8 Å². The lowest BCUT2D eigenvalue weighted by Gasteiger charge is -2.15. The molecule has 0 N–H and O–H groups in total. The summed E-state index contributed by atoms with van der Waals surface area (Å²) in [5, 5.41) is 2.15. The third-order valence-electron chi connectivity index (χ3n) is 3.39. The predicted molar refractivity (Wildman–Crippen MR) is 94.1 cm³/mol. The minimum Gasteiger partial charge on any atom is -0.497 e. The van der Waals surface area contributed by atoms with Crippen molar-refractivity contribution in [1.29, 1.82) is 0 Å². The van der Waals surface area contributed by atoms with Gasteiger partial charge in [-0.05, 0) is 54.2 Å². The van der Waals surface area contributed by atoms with Gasteiger partial charge in [0.1, 0.15) is 5.75 Å². The molecular weight excluding hydrogens is 371 g/mol. The van der Waals surface area contributed by atoms with Crippen molar-refractivity contribution >= 4 is 39.1 Å². The van der Waals surface area contributed by atoms with Crippen LogP contribution in [0.3, 0.4) is 0 Å². The van der Waals surface area contributed by atoms with Gasteiger partial charge in [0.05, 0.1) is 17.2 Å². The number of alkyl halides is 1. The van der Waals surface area contributed by atoms with E-state index in [4.69, 9.17) is 27.9 Å². The lowest BCUT2D eigenvalue weighted by molar-refractivity contribution is 0.414. The van der Waals surface area contributed by atoms with Crippen molar-refractivity contribution in [1.82, 2.24) is 0 Å². The van der Waals surface area contributed by atoms with Crippen LogP contribution in [0.1, 0.15) is 11.1 Å². The van der Waals surface area contributed by atoms with E-state index in [2.05, 4.69) is 28.1 Å². The van der Waals surface area contributed by atoms with E-state index >= 15 is 0 Å². The average Bonchev–Trinajstić information content (AvgIpc) is 2.50. The molecule has 1 nitrogen and oxygen atoms in total. The Balaban J connectivity index is 2.07. The van der Waals surface area contributed by atoms with Crippen LogP contribution in [0.15, 0.2) is 42.5 Å². The summed E-state index contributed by atoms with van der Waals surface area (Å²) in [5.41, 5.74) is 2.48. The van der Waals surface area contributed by atoms with E-state index in [9.17, 15) is 0 Å². The first kappa shape index (κ1) is 16.7. The van der Waals surface area contributed by atoms with Crippen LogP contribution in [-0.4, -0.2) is 12.4 Å². The number of halogens is 3. The van der Waals surface area contributed by atoms with Gasteiger partial charge in [0, 0.05) is 5.33 Å². The van der Waals surface area contributed by atoms with Gasteiger partial charge in [-0.3, -0.25) is 0 Å². The van der Waals surface area contributed by atoms with Crippen LogP contribution >= 0.6 is 39.1 Å². The number of hydrogen-bond donors (Lipinski definition) is 0. The molecule has 0 aliphatic rings. The highest BCUT2D eigenvalue weighted by atomic mass is 79.9. The molecule has 0 amide bonds. The maximum atomic E-state index is 6.08. The summed E-state index contributed by atoms with van der Waals surface area (Å²) in [6.45, 7) is 0. The van der Waals surface area contributed by atoms with E-state index in [-0.39, 0.29) is 0 Å². The minimum atomic E-state index is 0.495. The molecule has 2 aromatic carbocycles. The molecule has 21 heavy (non-hydrogen) atoms. The molecule has 1 atom stereocenters. The highest BCUT2D eigenvalue weighted by molar-refractivity contribution is 9.09. The van der Waals surface area contributed by atoms with E-state index in [1.165, 1.54) is 11.1 Å². The lowest BCUT2D eigenvalue weighted by atomic mass is 9.94. The summed E-state index contributed by atoms with van der Waals surface area (Å²) >= 11 is 15.6. The zero-order valence-electron chi connectivity index (χ0n) is 11.8. The first-order valence-electron chi connectivity index (χ1n) is 6.75. The van der Waals surface area contributed by atoms with Crippen molar-refractivity contribution < 1.29 is 4.74 Å². The molecule has 112 valence electrons. The predicted octanol–water partition coefficient (Wildman–Crippen LogP) is 5.80. The first-order chi connectivity index (χ1) is 10.1. The van der Waals surface area contributed by atoms with E-state index in [0.29, 0.717) is 16.0 Å². The zero-order valence-corrected chi connectivity index (χ0v) is 14.9. The van der Waals surface area contributed by atoms with E-state index < -0.39 is 0 Å². The Labute approximate surface area is 144 Å². The molecule has 1 unspecified atom stereocenters. The van der Waals surface area contributed by atoms with Gasteiger partial charge in [-0.15, -0.1) is 0 Å². The van der Waals surface area contributed by atoms with Crippen molar-refractivity contribution in [2.24, 2.45) is 5.92 Å². The number of rotatable bonds is 6.